The summed E-state index contributed by atoms with van der Waals surface area (Å²) in [6.07, 6.45) is 3.68. The van der Waals surface area contributed by atoms with Crippen molar-refractivity contribution in [1.29, 1.82) is 0 Å². The van der Waals surface area contributed by atoms with Crippen LogP contribution in [0.5, 0.6) is 0 Å². The molecule has 0 atom stereocenters. The van der Waals surface area contributed by atoms with Gasteiger partial charge in [0.1, 0.15) is 11.6 Å². The second-order valence-corrected chi connectivity index (χ2v) is 4.56. The Bertz CT molecular complexity index is 290. The zero-order chi connectivity index (χ0) is 10.6. The van der Waals surface area contributed by atoms with E-state index in [2.05, 4.69) is 36.2 Å². The Morgan fingerprint density at radius 3 is 2.71 bits per heavy atom. The second kappa shape index (κ2) is 4.37. The number of nitrogens with one attached hydrogen (secondary N) is 1. The highest BCUT2D eigenvalue weighted by Gasteiger charge is 2.11. The molecule has 3 N–H and O–H groups in total. The number of nitrogens with two attached hydrogens (primary N) is 1. The molecule has 0 aromatic carbocycles. The summed E-state index contributed by atoms with van der Waals surface area (Å²) in [6.45, 7) is 6.62. The summed E-state index contributed by atoms with van der Waals surface area (Å²) in [7, 11) is 0. The fraction of sp³-hybridized carbons (Fsp3) is 0.600. The first-order valence-corrected chi connectivity index (χ1v) is 4.80. The normalized spacial score (nSPS) is 11.4. The van der Waals surface area contributed by atoms with Gasteiger partial charge in [-0.25, -0.2) is 15.8 Å². The highest BCUT2D eigenvalue weighted by Crippen LogP contribution is 2.20. The Balaban J connectivity index is 2.59. The van der Waals surface area contributed by atoms with E-state index in [4.69, 9.17) is 5.84 Å². The molecule has 0 saturated carbocycles. The lowest BCUT2D eigenvalue weighted by Crippen LogP contribution is -2.12. The number of nitrogen functional groups attached to an aromatic ring is 1. The minimum Gasteiger partial charge on any atom is -0.308 e. The molecule has 0 saturated heterocycles. The highest BCUT2D eigenvalue weighted by molar-refractivity contribution is 5.30. The van der Waals surface area contributed by atoms with Crippen LogP contribution in [-0.4, -0.2) is 9.97 Å². The SMILES string of the molecule is CC(C)(C)CCc1nccc(NN)n1. The van der Waals surface area contributed by atoms with Crippen molar-refractivity contribution < 1.29 is 0 Å². The zero-order valence-electron chi connectivity index (χ0n) is 9.04. The highest BCUT2D eigenvalue weighted by atomic mass is 15.3. The Morgan fingerprint density at radius 1 is 1.43 bits per heavy atom. The topological polar surface area (TPSA) is 63.8 Å². The lowest BCUT2D eigenvalue weighted by atomic mass is 9.90. The molecule has 0 amide bonds. The molecule has 0 aliphatic rings. The molecule has 0 aliphatic heterocycles. The minimum absolute atomic E-state index is 0.315. The van der Waals surface area contributed by atoms with Gasteiger partial charge in [0.25, 0.3) is 0 Å². The van der Waals surface area contributed by atoms with E-state index in [-0.39, 0.29) is 0 Å². The van der Waals surface area contributed by atoms with E-state index in [0.29, 0.717) is 11.2 Å². The number of aryl methyl sites for hydroxylation is 1. The predicted molar refractivity (Wildman–Crippen MR) is 57.6 cm³/mol. The van der Waals surface area contributed by atoms with Gasteiger partial charge in [0.05, 0.1) is 0 Å². The van der Waals surface area contributed by atoms with Gasteiger partial charge in [-0.05, 0) is 11.8 Å². The molecule has 1 aromatic heterocycles. The van der Waals surface area contributed by atoms with E-state index in [1.54, 1.807) is 12.3 Å². The van der Waals surface area contributed by atoms with E-state index in [9.17, 15) is 0 Å². The summed E-state index contributed by atoms with van der Waals surface area (Å²) < 4.78 is 0. The standard InChI is InChI=1S/C10H18N4/c1-10(2,3)6-4-8-12-7-5-9(13-8)14-11/h5,7H,4,6,11H2,1-3H3,(H,12,13,14). The summed E-state index contributed by atoms with van der Waals surface area (Å²) in [5, 5.41) is 0. The van der Waals surface area contributed by atoms with Crippen LogP contribution in [0.3, 0.4) is 0 Å². The maximum atomic E-state index is 5.26. The third-order valence-electron chi connectivity index (χ3n) is 1.95. The fourth-order valence-corrected chi connectivity index (χ4v) is 1.09. The maximum absolute atomic E-state index is 5.26. The van der Waals surface area contributed by atoms with Crippen LogP contribution < -0.4 is 11.3 Å². The number of rotatable bonds is 3. The average molecular weight is 194 g/mol. The van der Waals surface area contributed by atoms with Gasteiger partial charge in [-0.1, -0.05) is 20.8 Å². The molecular weight excluding hydrogens is 176 g/mol. The maximum Gasteiger partial charge on any atom is 0.143 e. The molecule has 14 heavy (non-hydrogen) atoms. The predicted octanol–water partition coefficient (Wildman–Crippen LogP) is 1.74. The molecule has 1 aromatic rings. The Labute approximate surface area is 84.9 Å². The molecule has 0 spiro atoms. The molecule has 4 heteroatoms. The summed E-state index contributed by atoms with van der Waals surface area (Å²) in [5.74, 6) is 6.77. The first-order chi connectivity index (χ1) is 6.51. The Morgan fingerprint density at radius 2 is 2.14 bits per heavy atom. The largest absolute Gasteiger partial charge is 0.308 e. The van der Waals surface area contributed by atoms with Gasteiger partial charge < -0.3 is 5.43 Å². The van der Waals surface area contributed by atoms with Crippen LogP contribution in [0.4, 0.5) is 5.82 Å². The molecule has 0 aliphatic carbocycles. The molecule has 0 fully saturated rings. The molecule has 1 heterocycles. The van der Waals surface area contributed by atoms with Crippen LogP contribution in [0.2, 0.25) is 0 Å². The lowest BCUT2D eigenvalue weighted by molar-refractivity contribution is 0.374. The summed E-state index contributed by atoms with van der Waals surface area (Å²) in [6, 6.07) is 1.75. The molecular formula is C10H18N4. The average Bonchev–Trinajstić information content (AvgIpc) is 2.14. The minimum atomic E-state index is 0.315. The molecule has 0 unspecified atom stereocenters. The molecule has 4 nitrogen and oxygen atoms in total. The van der Waals surface area contributed by atoms with Gasteiger partial charge in [0, 0.05) is 18.7 Å². The summed E-state index contributed by atoms with van der Waals surface area (Å²) in [4.78, 5) is 8.43. The number of hydrogen-bond acceptors (Lipinski definition) is 4. The number of aromatic nitrogens is 2. The molecule has 0 radical (unpaired) electrons. The second-order valence-electron chi connectivity index (χ2n) is 4.56. The van der Waals surface area contributed by atoms with Crippen molar-refractivity contribution in [3.05, 3.63) is 18.1 Å². The monoisotopic (exact) mass is 194 g/mol. The van der Waals surface area contributed by atoms with Crippen LogP contribution in [0, 0.1) is 5.41 Å². The lowest BCUT2D eigenvalue weighted by Gasteiger charge is -2.16. The van der Waals surface area contributed by atoms with Crippen molar-refractivity contribution in [1.82, 2.24) is 9.97 Å². The van der Waals surface area contributed by atoms with Gasteiger partial charge in [-0.3, -0.25) is 0 Å². The van der Waals surface area contributed by atoms with Crippen molar-refractivity contribution in [3.63, 3.8) is 0 Å². The number of nitrogens with zero attached hydrogens (tertiary/aromatic N) is 2. The van der Waals surface area contributed by atoms with Crippen molar-refractivity contribution in [2.75, 3.05) is 5.43 Å². The number of anilines is 1. The zero-order valence-corrected chi connectivity index (χ0v) is 9.04. The molecule has 1 rings (SSSR count). The van der Waals surface area contributed by atoms with E-state index in [1.807, 2.05) is 0 Å². The van der Waals surface area contributed by atoms with E-state index < -0.39 is 0 Å². The van der Waals surface area contributed by atoms with Crippen LogP contribution in [-0.2, 0) is 6.42 Å². The van der Waals surface area contributed by atoms with Crippen molar-refractivity contribution in [3.8, 4) is 0 Å². The third kappa shape index (κ3) is 3.70. The van der Waals surface area contributed by atoms with Crippen LogP contribution in [0.25, 0.3) is 0 Å². The Hall–Kier alpha value is -1.16. The van der Waals surface area contributed by atoms with Crippen molar-refractivity contribution in [2.45, 2.75) is 33.6 Å². The van der Waals surface area contributed by atoms with Gasteiger partial charge in [0.15, 0.2) is 0 Å². The van der Waals surface area contributed by atoms with E-state index in [0.717, 1.165) is 18.7 Å². The number of hydrogen-bond donors (Lipinski definition) is 2. The Kier molecular flexibility index (Phi) is 3.41. The van der Waals surface area contributed by atoms with Gasteiger partial charge in [-0.2, -0.15) is 0 Å². The van der Waals surface area contributed by atoms with E-state index >= 15 is 0 Å². The van der Waals surface area contributed by atoms with Gasteiger partial charge in [-0.15, -0.1) is 0 Å². The van der Waals surface area contributed by atoms with Gasteiger partial charge in [0.2, 0.25) is 0 Å². The molecule has 78 valence electrons. The first-order valence-electron chi connectivity index (χ1n) is 4.80. The third-order valence-corrected chi connectivity index (χ3v) is 1.95. The van der Waals surface area contributed by atoms with Gasteiger partial charge >= 0.3 is 0 Å². The van der Waals surface area contributed by atoms with E-state index in [1.165, 1.54) is 0 Å². The summed E-state index contributed by atoms with van der Waals surface area (Å²) in [5.41, 5.74) is 2.83. The quantitative estimate of drug-likeness (QED) is 0.568. The molecule has 0 bridgehead atoms. The van der Waals surface area contributed by atoms with Crippen LogP contribution in [0.1, 0.15) is 33.0 Å². The fourth-order valence-electron chi connectivity index (χ4n) is 1.09. The smallest absolute Gasteiger partial charge is 0.143 e. The number of hydrazine groups is 1. The van der Waals surface area contributed by atoms with Crippen LogP contribution >= 0.6 is 0 Å². The van der Waals surface area contributed by atoms with Crippen LogP contribution in [0.15, 0.2) is 12.3 Å². The van der Waals surface area contributed by atoms with Crippen molar-refractivity contribution >= 4 is 5.82 Å². The first kappa shape index (κ1) is 10.9. The van der Waals surface area contributed by atoms with Crippen molar-refractivity contribution in [2.24, 2.45) is 11.3 Å². The summed E-state index contributed by atoms with van der Waals surface area (Å²) >= 11 is 0.